The van der Waals surface area contributed by atoms with Crippen LogP contribution in [0.25, 0.3) is 0 Å². The Bertz CT molecular complexity index is 327. The number of hydrogen-bond donors (Lipinski definition) is 0. The van der Waals surface area contributed by atoms with Crippen molar-refractivity contribution in [3.05, 3.63) is 29.8 Å². The van der Waals surface area contributed by atoms with E-state index in [1.165, 1.54) is 0 Å². The normalized spacial score (nSPS) is 11.5. The molecule has 0 aliphatic rings. The molecule has 1 aromatic rings. The van der Waals surface area contributed by atoms with Gasteiger partial charge in [0.1, 0.15) is 5.82 Å². The molecule has 6 heteroatoms. The van der Waals surface area contributed by atoms with Crippen molar-refractivity contribution in [2.24, 2.45) is 0 Å². The molecule has 0 atom stereocenters. The first-order chi connectivity index (χ1) is 6.44. The summed E-state index contributed by atoms with van der Waals surface area (Å²) in [5, 5.41) is 0. The molecule has 0 saturated heterocycles. The molecule has 14 heavy (non-hydrogen) atoms. The van der Waals surface area contributed by atoms with Gasteiger partial charge in [0.15, 0.2) is 11.6 Å². The Morgan fingerprint density at radius 2 is 1.86 bits per heavy atom. The number of alkyl halides is 2. The van der Waals surface area contributed by atoms with Crippen LogP contribution in [0, 0.1) is 11.6 Å². The second-order valence-electron chi connectivity index (χ2n) is 2.34. The number of methoxy groups -OCH3 is 1. The van der Waals surface area contributed by atoms with Crippen molar-refractivity contribution < 1.29 is 27.0 Å². The third-order valence-corrected chi connectivity index (χ3v) is 1.36. The van der Waals surface area contributed by atoms with E-state index in [0.717, 1.165) is 12.1 Å². The van der Waals surface area contributed by atoms with Gasteiger partial charge >= 0.3 is 6.29 Å². The number of rotatable bonds is 3. The fraction of sp³-hybridized carbons (Fsp3) is 0.250. The van der Waals surface area contributed by atoms with Crippen molar-refractivity contribution in [1.29, 1.82) is 0 Å². The second kappa shape index (κ2) is 3.83. The van der Waals surface area contributed by atoms with Gasteiger partial charge in [-0.3, -0.25) is 4.74 Å². The lowest BCUT2D eigenvalue weighted by atomic mass is 10.3. The summed E-state index contributed by atoms with van der Waals surface area (Å²) in [5.41, 5.74) is 0. The van der Waals surface area contributed by atoms with E-state index in [-0.39, 0.29) is 0 Å². The van der Waals surface area contributed by atoms with Gasteiger partial charge in [0.05, 0.1) is 0 Å². The van der Waals surface area contributed by atoms with Crippen LogP contribution in [0.2, 0.25) is 0 Å². The van der Waals surface area contributed by atoms with Crippen molar-refractivity contribution in [3.8, 4) is 5.75 Å². The van der Waals surface area contributed by atoms with Crippen molar-refractivity contribution in [2.45, 2.75) is 6.29 Å². The molecule has 1 rings (SSSR count). The largest absolute Gasteiger partial charge is 0.535 e. The minimum Gasteiger partial charge on any atom is -0.406 e. The molecule has 78 valence electrons. The topological polar surface area (TPSA) is 18.5 Å². The molecule has 0 N–H and O–H groups in total. The highest BCUT2D eigenvalue weighted by molar-refractivity contribution is 5.24. The summed E-state index contributed by atoms with van der Waals surface area (Å²) in [6.45, 7) is 0. The smallest absolute Gasteiger partial charge is 0.406 e. The van der Waals surface area contributed by atoms with Gasteiger partial charge in [0, 0.05) is 13.2 Å². The lowest BCUT2D eigenvalue weighted by Gasteiger charge is -2.15. The molecule has 2 nitrogen and oxygen atoms in total. The van der Waals surface area contributed by atoms with E-state index in [1.54, 1.807) is 0 Å². The van der Waals surface area contributed by atoms with E-state index in [1.807, 2.05) is 0 Å². The van der Waals surface area contributed by atoms with Crippen LogP contribution in [0.15, 0.2) is 18.2 Å². The molecule has 0 heterocycles. The Hall–Kier alpha value is -1.30. The van der Waals surface area contributed by atoms with E-state index in [9.17, 15) is 17.6 Å². The molecule has 1 aromatic carbocycles. The maximum Gasteiger partial charge on any atom is 0.535 e. The molecule has 0 saturated carbocycles. The average Bonchev–Trinajstić information content (AvgIpc) is 2.10. The van der Waals surface area contributed by atoms with Gasteiger partial charge in [0.2, 0.25) is 0 Å². The molecule has 0 aliphatic heterocycles. The van der Waals surface area contributed by atoms with Gasteiger partial charge in [-0.1, -0.05) is 0 Å². The van der Waals surface area contributed by atoms with Crippen LogP contribution in [0.4, 0.5) is 17.6 Å². The van der Waals surface area contributed by atoms with Crippen LogP contribution in [0.3, 0.4) is 0 Å². The average molecular weight is 210 g/mol. The van der Waals surface area contributed by atoms with E-state index < -0.39 is 23.7 Å². The second-order valence-corrected chi connectivity index (χ2v) is 2.34. The van der Waals surface area contributed by atoms with Crippen molar-refractivity contribution in [1.82, 2.24) is 0 Å². The predicted octanol–water partition coefficient (Wildman–Crippen LogP) is 2.54. The molecule has 0 aromatic heterocycles. The van der Waals surface area contributed by atoms with Crippen LogP contribution in [0.1, 0.15) is 0 Å². The first kappa shape index (κ1) is 10.8. The van der Waals surface area contributed by atoms with Crippen molar-refractivity contribution in [3.63, 3.8) is 0 Å². The van der Waals surface area contributed by atoms with Gasteiger partial charge in [-0.2, -0.15) is 0 Å². The molecular formula is C8H6F4O2. The van der Waals surface area contributed by atoms with E-state index >= 15 is 0 Å². The molecule has 0 radical (unpaired) electrons. The summed E-state index contributed by atoms with van der Waals surface area (Å²) in [7, 11) is 0.696. The summed E-state index contributed by atoms with van der Waals surface area (Å²) < 4.78 is 57.4. The summed E-state index contributed by atoms with van der Waals surface area (Å²) in [6.07, 6.45) is -3.93. The monoisotopic (exact) mass is 210 g/mol. The van der Waals surface area contributed by atoms with E-state index in [4.69, 9.17) is 0 Å². The lowest BCUT2D eigenvalue weighted by molar-refractivity contribution is -0.342. The van der Waals surface area contributed by atoms with E-state index in [0.29, 0.717) is 13.2 Å². The highest BCUT2D eigenvalue weighted by Crippen LogP contribution is 2.25. The summed E-state index contributed by atoms with van der Waals surface area (Å²) in [4.78, 5) is 0. The zero-order valence-electron chi connectivity index (χ0n) is 7.06. The molecule has 0 aliphatic carbocycles. The number of ether oxygens (including phenoxy) is 2. The number of hydrogen-bond acceptors (Lipinski definition) is 2. The lowest BCUT2D eigenvalue weighted by Crippen LogP contribution is -2.27. The Kier molecular flexibility index (Phi) is 2.95. The Balaban J connectivity index is 2.87. The zero-order chi connectivity index (χ0) is 10.8. The third-order valence-electron chi connectivity index (χ3n) is 1.36. The van der Waals surface area contributed by atoms with Crippen molar-refractivity contribution >= 4 is 0 Å². The Labute approximate surface area is 77.1 Å². The maximum absolute atomic E-state index is 12.8. The molecule has 0 unspecified atom stereocenters. The molecular weight excluding hydrogens is 204 g/mol. The van der Waals surface area contributed by atoms with Gasteiger partial charge in [-0.15, -0.1) is 8.78 Å². The summed E-state index contributed by atoms with van der Waals surface area (Å²) >= 11 is 0. The molecule has 0 amide bonds. The first-order valence-electron chi connectivity index (χ1n) is 3.51. The molecule has 0 spiro atoms. The van der Waals surface area contributed by atoms with Gasteiger partial charge in [-0.05, 0) is 12.1 Å². The number of benzene rings is 1. The van der Waals surface area contributed by atoms with Gasteiger partial charge in [-0.25, -0.2) is 8.78 Å². The molecule has 0 bridgehead atoms. The minimum atomic E-state index is -3.93. The Morgan fingerprint density at radius 1 is 1.21 bits per heavy atom. The van der Waals surface area contributed by atoms with E-state index in [2.05, 4.69) is 9.47 Å². The maximum atomic E-state index is 12.8. The quantitative estimate of drug-likeness (QED) is 0.563. The highest BCUT2D eigenvalue weighted by atomic mass is 19.3. The SMILES string of the molecule is COC(F)(F)Oc1ccc(F)cc1F. The first-order valence-corrected chi connectivity index (χ1v) is 3.51. The third kappa shape index (κ3) is 2.59. The van der Waals surface area contributed by atoms with Crippen LogP contribution in [-0.2, 0) is 4.74 Å². The fourth-order valence-electron chi connectivity index (χ4n) is 0.728. The highest BCUT2D eigenvalue weighted by Gasteiger charge is 2.33. The summed E-state index contributed by atoms with van der Waals surface area (Å²) in [5.74, 6) is -2.88. The van der Waals surface area contributed by atoms with Crippen LogP contribution in [0.5, 0.6) is 5.75 Å². The van der Waals surface area contributed by atoms with Crippen LogP contribution >= 0.6 is 0 Å². The zero-order valence-corrected chi connectivity index (χ0v) is 7.06. The summed E-state index contributed by atoms with van der Waals surface area (Å²) in [6, 6.07) is 1.98. The predicted molar refractivity (Wildman–Crippen MR) is 38.9 cm³/mol. The van der Waals surface area contributed by atoms with Gasteiger partial charge < -0.3 is 4.74 Å². The van der Waals surface area contributed by atoms with Crippen LogP contribution in [-0.4, -0.2) is 13.4 Å². The minimum absolute atomic E-state index is 0.432. The fourth-order valence-corrected chi connectivity index (χ4v) is 0.728. The number of halogens is 4. The van der Waals surface area contributed by atoms with Gasteiger partial charge in [0.25, 0.3) is 0 Å². The standard InChI is InChI=1S/C8H6F4O2/c1-13-8(11,12)14-7-3-2-5(9)4-6(7)10/h2-4H,1H3. The van der Waals surface area contributed by atoms with Crippen LogP contribution < -0.4 is 4.74 Å². The van der Waals surface area contributed by atoms with Crippen molar-refractivity contribution in [2.75, 3.05) is 7.11 Å². The Morgan fingerprint density at radius 3 is 2.36 bits per heavy atom. The molecule has 0 fully saturated rings.